The highest BCUT2D eigenvalue weighted by Gasteiger charge is 2.23. The van der Waals surface area contributed by atoms with Crippen LogP contribution in [0.15, 0.2) is 44.4 Å². The minimum Gasteiger partial charge on any atom is -0.373 e. The smallest absolute Gasteiger partial charge is 0.273 e. The topological polar surface area (TPSA) is 93.1 Å². The minimum atomic E-state index is -0.630. The Morgan fingerprint density at radius 2 is 1.96 bits per heavy atom. The summed E-state index contributed by atoms with van der Waals surface area (Å²) in [6, 6.07) is 3.09. The molecule has 0 spiro atoms. The van der Waals surface area contributed by atoms with Gasteiger partial charge in [-0.25, -0.2) is 0 Å². The summed E-state index contributed by atoms with van der Waals surface area (Å²) in [4.78, 5) is 40.6. The van der Waals surface area contributed by atoms with Gasteiger partial charge in [0.15, 0.2) is 0 Å². The van der Waals surface area contributed by atoms with Crippen LogP contribution >= 0.6 is 11.3 Å². The van der Waals surface area contributed by atoms with Crippen molar-refractivity contribution in [1.29, 1.82) is 0 Å². The molecule has 3 aromatic rings. The lowest BCUT2D eigenvalue weighted by molar-refractivity contribution is 0.862. The zero-order chi connectivity index (χ0) is 16.6. The first-order valence-corrected chi connectivity index (χ1v) is 7.78. The molecule has 7 nitrogen and oxygen atoms in total. The van der Waals surface area contributed by atoms with Crippen molar-refractivity contribution in [2.24, 2.45) is 7.05 Å². The predicted molar refractivity (Wildman–Crippen MR) is 90.5 cm³/mol. The van der Waals surface area contributed by atoms with Crippen LogP contribution in [0.5, 0.6) is 0 Å². The molecule has 8 heteroatoms. The second-order valence-corrected chi connectivity index (χ2v) is 6.06. The van der Waals surface area contributed by atoms with E-state index in [-0.39, 0.29) is 28.7 Å². The molecule has 0 aliphatic heterocycles. The van der Waals surface area contributed by atoms with Gasteiger partial charge in [0.1, 0.15) is 17.1 Å². The summed E-state index contributed by atoms with van der Waals surface area (Å²) in [6.07, 6.45) is 3.31. The molecule has 0 saturated heterocycles. The lowest BCUT2D eigenvalue weighted by Crippen LogP contribution is -2.37. The van der Waals surface area contributed by atoms with E-state index in [1.807, 2.05) is 6.92 Å². The molecule has 0 amide bonds. The first-order valence-electron chi connectivity index (χ1n) is 6.90. The van der Waals surface area contributed by atoms with Gasteiger partial charge >= 0.3 is 0 Å². The van der Waals surface area contributed by atoms with Gasteiger partial charge in [-0.2, -0.15) is 0 Å². The summed E-state index contributed by atoms with van der Waals surface area (Å²) in [5.74, 6) is 0. The standard InChI is InChI=1S/C15H14N4O3S/c1-8(10-6-16-7-23-10)17-11-12(14(21)13(11)20)18-9-4-3-5-19(2)15(9)22/h3-8,17-18H,1-2H3. The summed E-state index contributed by atoms with van der Waals surface area (Å²) >= 11 is 1.45. The van der Waals surface area contributed by atoms with Gasteiger partial charge in [-0.15, -0.1) is 11.3 Å². The summed E-state index contributed by atoms with van der Waals surface area (Å²) in [5, 5.41) is 5.78. The maximum atomic E-state index is 12.0. The van der Waals surface area contributed by atoms with E-state index in [9.17, 15) is 14.4 Å². The number of thiazole rings is 1. The van der Waals surface area contributed by atoms with Crippen LogP contribution in [0.25, 0.3) is 0 Å². The number of anilines is 3. The fourth-order valence-electron chi connectivity index (χ4n) is 2.20. The Morgan fingerprint density at radius 3 is 2.65 bits per heavy atom. The van der Waals surface area contributed by atoms with Crippen molar-refractivity contribution >= 4 is 28.4 Å². The van der Waals surface area contributed by atoms with Crippen molar-refractivity contribution in [2.75, 3.05) is 10.6 Å². The Balaban J connectivity index is 1.89. The molecular formula is C15H14N4O3S. The third-order valence-electron chi connectivity index (χ3n) is 3.53. The second-order valence-electron chi connectivity index (χ2n) is 5.14. The Hall–Kier alpha value is -2.74. The summed E-state index contributed by atoms with van der Waals surface area (Å²) in [5.41, 5.74) is 0.767. The van der Waals surface area contributed by atoms with Crippen molar-refractivity contribution in [1.82, 2.24) is 9.55 Å². The highest BCUT2D eigenvalue weighted by molar-refractivity contribution is 7.09. The van der Waals surface area contributed by atoms with E-state index in [1.54, 1.807) is 37.1 Å². The van der Waals surface area contributed by atoms with E-state index in [1.165, 1.54) is 15.9 Å². The molecule has 1 atom stereocenters. The molecule has 0 saturated carbocycles. The van der Waals surface area contributed by atoms with Gasteiger partial charge in [-0.3, -0.25) is 19.4 Å². The summed E-state index contributed by atoms with van der Waals surface area (Å²) in [7, 11) is 1.61. The average Bonchev–Trinajstić information content (AvgIpc) is 3.08. The van der Waals surface area contributed by atoms with Crippen LogP contribution in [0.2, 0.25) is 0 Å². The normalized spacial score (nSPS) is 12.3. The van der Waals surface area contributed by atoms with E-state index < -0.39 is 10.9 Å². The van der Waals surface area contributed by atoms with Crippen molar-refractivity contribution in [3.8, 4) is 0 Å². The maximum absolute atomic E-state index is 12.0. The number of rotatable bonds is 5. The van der Waals surface area contributed by atoms with Crippen LogP contribution in [-0.2, 0) is 7.05 Å². The van der Waals surface area contributed by atoms with Crippen LogP contribution in [0.3, 0.4) is 0 Å². The Labute approximate surface area is 134 Å². The SMILES string of the molecule is CC(Nc1c(Nc2cccn(C)c2=O)c(=O)c1=O)c1cncs1. The number of nitrogens with zero attached hydrogens (tertiary/aromatic N) is 2. The van der Waals surface area contributed by atoms with Crippen molar-refractivity contribution in [3.63, 3.8) is 0 Å². The van der Waals surface area contributed by atoms with E-state index >= 15 is 0 Å². The molecule has 1 unspecified atom stereocenters. The molecule has 0 radical (unpaired) electrons. The molecule has 118 valence electrons. The first kappa shape index (κ1) is 15.2. The number of aromatic nitrogens is 2. The lowest BCUT2D eigenvalue weighted by atomic mass is 10.1. The predicted octanol–water partition coefficient (Wildman–Crippen LogP) is 1.35. The maximum Gasteiger partial charge on any atom is 0.273 e. The zero-order valence-electron chi connectivity index (χ0n) is 12.5. The quantitative estimate of drug-likeness (QED) is 0.686. The van der Waals surface area contributed by atoms with Crippen molar-refractivity contribution in [3.05, 3.63) is 65.7 Å². The number of hydrogen-bond acceptors (Lipinski definition) is 7. The number of hydrogen-bond donors (Lipinski definition) is 2. The fraction of sp³-hybridized carbons (Fsp3) is 0.200. The monoisotopic (exact) mass is 330 g/mol. The van der Waals surface area contributed by atoms with Crippen LogP contribution in [0.1, 0.15) is 17.8 Å². The van der Waals surface area contributed by atoms with Gasteiger partial charge in [0.05, 0.1) is 11.6 Å². The number of aryl methyl sites for hydroxylation is 1. The molecule has 0 bridgehead atoms. The largest absolute Gasteiger partial charge is 0.373 e. The molecule has 2 heterocycles. The second kappa shape index (κ2) is 5.81. The minimum absolute atomic E-state index is 0.120. The fourth-order valence-corrected chi connectivity index (χ4v) is 2.83. The molecule has 1 aromatic carbocycles. The van der Waals surface area contributed by atoms with Gasteiger partial charge in [0.2, 0.25) is 0 Å². The first-order chi connectivity index (χ1) is 11.0. The van der Waals surface area contributed by atoms with Crippen molar-refractivity contribution < 1.29 is 0 Å². The summed E-state index contributed by atoms with van der Waals surface area (Å²) in [6.45, 7) is 1.87. The van der Waals surface area contributed by atoms with Crippen LogP contribution in [-0.4, -0.2) is 9.55 Å². The van der Waals surface area contributed by atoms with Gasteiger partial charge in [-0.1, -0.05) is 0 Å². The molecule has 2 aromatic heterocycles. The van der Waals surface area contributed by atoms with Crippen molar-refractivity contribution in [2.45, 2.75) is 13.0 Å². The molecule has 3 rings (SSSR count). The zero-order valence-corrected chi connectivity index (χ0v) is 13.3. The van der Waals surface area contributed by atoms with Crippen LogP contribution in [0, 0.1) is 0 Å². The number of nitrogens with one attached hydrogen (secondary N) is 2. The molecule has 0 fully saturated rings. The Morgan fingerprint density at radius 1 is 1.22 bits per heavy atom. The molecule has 0 aliphatic rings. The summed E-state index contributed by atoms with van der Waals surface area (Å²) < 4.78 is 1.39. The molecule has 2 N–H and O–H groups in total. The Kier molecular flexibility index (Phi) is 3.83. The molecule has 0 aliphatic carbocycles. The van der Waals surface area contributed by atoms with Gasteiger partial charge in [0, 0.05) is 24.3 Å². The van der Waals surface area contributed by atoms with Crippen LogP contribution in [0.4, 0.5) is 17.1 Å². The molecule has 23 heavy (non-hydrogen) atoms. The van der Waals surface area contributed by atoms with E-state index in [2.05, 4.69) is 15.6 Å². The van der Waals surface area contributed by atoms with Gasteiger partial charge < -0.3 is 15.2 Å². The lowest BCUT2D eigenvalue weighted by Gasteiger charge is -2.18. The van der Waals surface area contributed by atoms with Gasteiger partial charge in [-0.05, 0) is 19.1 Å². The average molecular weight is 330 g/mol. The Bertz CT molecular complexity index is 968. The molecular weight excluding hydrogens is 316 g/mol. The highest BCUT2D eigenvalue weighted by atomic mass is 32.1. The third-order valence-corrected chi connectivity index (χ3v) is 4.49. The van der Waals surface area contributed by atoms with E-state index in [0.29, 0.717) is 0 Å². The highest BCUT2D eigenvalue weighted by Crippen LogP contribution is 2.25. The van der Waals surface area contributed by atoms with E-state index in [0.717, 1.165) is 4.88 Å². The third kappa shape index (κ3) is 2.68. The van der Waals surface area contributed by atoms with Gasteiger partial charge in [0.25, 0.3) is 16.4 Å². The van der Waals surface area contributed by atoms with E-state index in [4.69, 9.17) is 0 Å². The number of pyridine rings is 1. The van der Waals surface area contributed by atoms with Crippen LogP contribution < -0.4 is 27.1 Å².